The summed E-state index contributed by atoms with van der Waals surface area (Å²) in [6.45, 7) is 12.4. The number of hydrogen-bond acceptors (Lipinski definition) is 5. The van der Waals surface area contributed by atoms with Crippen molar-refractivity contribution in [2.75, 3.05) is 14.2 Å². The second-order valence-corrected chi connectivity index (χ2v) is 11.2. The molecule has 0 aliphatic rings. The van der Waals surface area contributed by atoms with Gasteiger partial charge in [0.1, 0.15) is 23.0 Å². The second kappa shape index (κ2) is 8.70. The van der Waals surface area contributed by atoms with E-state index in [0.717, 1.165) is 16.0 Å². The minimum absolute atomic E-state index is 0.219. The van der Waals surface area contributed by atoms with Crippen molar-refractivity contribution in [2.45, 2.75) is 58.3 Å². The lowest BCUT2D eigenvalue weighted by atomic mass is 9.78. The Morgan fingerprint density at radius 2 is 1.19 bits per heavy atom. The molecule has 0 atom stereocenters. The van der Waals surface area contributed by atoms with Crippen LogP contribution in [0.4, 0.5) is 0 Å². The molecule has 32 heavy (non-hydrogen) atoms. The Labute approximate surface area is 195 Å². The first kappa shape index (κ1) is 24.0. The molecule has 0 spiro atoms. The first-order valence-electron chi connectivity index (χ1n) is 10.7. The molecule has 0 saturated heterocycles. The fraction of sp³-hybridized carbons (Fsp3) is 0.407. The van der Waals surface area contributed by atoms with E-state index >= 15 is 0 Å². The van der Waals surface area contributed by atoms with Gasteiger partial charge in [0.2, 0.25) is 0 Å². The minimum Gasteiger partial charge on any atom is -0.507 e. The van der Waals surface area contributed by atoms with E-state index in [2.05, 4.69) is 41.5 Å². The molecule has 5 heteroatoms. The van der Waals surface area contributed by atoms with Crippen LogP contribution in [0.25, 0.3) is 0 Å². The molecule has 0 bridgehead atoms. The van der Waals surface area contributed by atoms with Crippen LogP contribution in [0.5, 0.6) is 23.0 Å². The number of phenolic OH excluding ortho intramolecular Hbond substituents is 2. The van der Waals surface area contributed by atoms with Crippen LogP contribution in [-0.2, 0) is 10.8 Å². The summed E-state index contributed by atoms with van der Waals surface area (Å²) in [5.41, 5.74) is 2.40. The molecule has 1 heterocycles. The summed E-state index contributed by atoms with van der Waals surface area (Å²) in [7, 11) is 3.26. The summed E-state index contributed by atoms with van der Waals surface area (Å²) in [6.07, 6.45) is 0. The van der Waals surface area contributed by atoms with Gasteiger partial charge >= 0.3 is 0 Å². The van der Waals surface area contributed by atoms with Gasteiger partial charge in [-0.1, -0.05) is 47.6 Å². The topological polar surface area (TPSA) is 58.9 Å². The van der Waals surface area contributed by atoms with Crippen LogP contribution >= 0.6 is 11.3 Å². The summed E-state index contributed by atoms with van der Waals surface area (Å²) in [5.74, 6) is 1.39. The van der Waals surface area contributed by atoms with Gasteiger partial charge < -0.3 is 19.7 Å². The van der Waals surface area contributed by atoms with Crippen molar-refractivity contribution in [1.82, 2.24) is 0 Å². The van der Waals surface area contributed by atoms with Crippen LogP contribution in [0.2, 0.25) is 0 Å². The van der Waals surface area contributed by atoms with E-state index in [0.29, 0.717) is 22.6 Å². The van der Waals surface area contributed by atoms with Crippen molar-refractivity contribution in [3.8, 4) is 23.0 Å². The highest BCUT2D eigenvalue weighted by Gasteiger charge is 2.32. The zero-order chi connectivity index (χ0) is 23.8. The number of phenols is 2. The highest BCUT2D eigenvalue weighted by atomic mass is 32.1. The molecular formula is C27H34O4S. The standard InChI is InChI=1S/C27H34O4S/c1-26(2,3)20-14-16(30-7)12-18(24(20)28)23(22-10-9-11-32-22)19-13-17(31-8)15-21(25(19)29)27(4,5)6/h9-15,23,28-29H,1-8H3. The summed E-state index contributed by atoms with van der Waals surface area (Å²) in [6, 6.07) is 11.5. The van der Waals surface area contributed by atoms with E-state index < -0.39 is 0 Å². The minimum atomic E-state index is -0.387. The summed E-state index contributed by atoms with van der Waals surface area (Å²) in [5, 5.41) is 24.9. The third-order valence-electron chi connectivity index (χ3n) is 5.76. The predicted molar refractivity (Wildman–Crippen MR) is 132 cm³/mol. The van der Waals surface area contributed by atoms with E-state index in [1.165, 1.54) is 0 Å². The summed E-state index contributed by atoms with van der Waals surface area (Å²) < 4.78 is 11.2. The van der Waals surface area contributed by atoms with Gasteiger partial charge in [0.25, 0.3) is 0 Å². The van der Waals surface area contributed by atoms with Crippen molar-refractivity contribution < 1.29 is 19.7 Å². The van der Waals surface area contributed by atoms with Gasteiger partial charge in [0.15, 0.2) is 0 Å². The highest BCUT2D eigenvalue weighted by molar-refractivity contribution is 7.10. The summed E-state index contributed by atoms with van der Waals surface area (Å²) >= 11 is 1.59. The number of thiophene rings is 1. The lowest BCUT2D eigenvalue weighted by Gasteiger charge is -2.28. The number of aromatic hydroxyl groups is 2. The molecule has 0 aliphatic heterocycles. The zero-order valence-electron chi connectivity index (χ0n) is 20.2. The molecule has 0 radical (unpaired) electrons. The number of benzene rings is 2. The molecular weight excluding hydrogens is 420 g/mol. The number of rotatable bonds is 5. The third-order valence-corrected chi connectivity index (χ3v) is 6.70. The lowest BCUT2D eigenvalue weighted by molar-refractivity contribution is 0.398. The zero-order valence-corrected chi connectivity index (χ0v) is 21.1. The molecule has 2 aromatic carbocycles. The first-order chi connectivity index (χ1) is 14.9. The molecule has 3 aromatic rings. The van der Waals surface area contributed by atoms with Crippen LogP contribution in [0.3, 0.4) is 0 Å². The first-order valence-corrected chi connectivity index (χ1v) is 11.6. The number of methoxy groups -OCH3 is 2. The maximum Gasteiger partial charge on any atom is 0.123 e. The van der Waals surface area contributed by atoms with Gasteiger partial charge in [-0.25, -0.2) is 0 Å². The van der Waals surface area contributed by atoms with Crippen LogP contribution in [0.1, 0.15) is 74.6 Å². The Balaban J connectivity index is 2.41. The monoisotopic (exact) mass is 454 g/mol. The normalized spacial score (nSPS) is 12.3. The lowest BCUT2D eigenvalue weighted by Crippen LogP contribution is -2.15. The van der Waals surface area contributed by atoms with Gasteiger partial charge in [0.05, 0.1) is 20.1 Å². The molecule has 0 amide bonds. The van der Waals surface area contributed by atoms with E-state index in [1.54, 1.807) is 25.6 Å². The van der Waals surface area contributed by atoms with E-state index in [-0.39, 0.29) is 28.2 Å². The van der Waals surface area contributed by atoms with E-state index in [9.17, 15) is 10.2 Å². The Morgan fingerprint density at radius 3 is 1.50 bits per heavy atom. The van der Waals surface area contributed by atoms with Crippen LogP contribution in [-0.4, -0.2) is 24.4 Å². The Kier molecular flexibility index (Phi) is 6.52. The van der Waals surface area contributed by atoms with Crippen molar-refractivity contribution in [2.24, 2.45) is 0 Å². The molecule has 4 nitrogen and oxygen atoms in total. The average Bonchev–Trinajstić information content (AvgIpc) is 3.23. The average molecular weight is 455 g/mol. The van der Waals surface area contributed by atoms with Crippen molar-refractivity contribution in [3.63, 3.8) is 0 Å². The van der Waals surface area contributed by atoms with Crippen molar-refractivity contribution in [3.05, 3.63) is 68.9 Å². The van der Waals surface area contributed by atoms with Crippen LogP contribution in [0.15, 0.2) is 41.8 Å². The molecule has 1 aromatic heterocycles. The molecule has 0 unspecified atom stereocenters. The van der Waals surface area contributed by atoms with Gasteiger partial charge in [-0.2, -0.15) is 0 Å². The molecule has 0 fully saturated rings. The number of hydrogen-bond donors (Lipinski definition) is 2. The van der Waals surface area contributed by atoms with Crippen molar-refractivity contribution in [1.29, 1.82) is 0 Å². The molecule has 3 rings (SSSR count). The van der Waals surface area contributed by atoms with Gasteiger partial charge in [-0.15, -0.1) is 11.3 Å². The van der Waals surface area contributed by atoms with Crippen molar-refractivity contribution >= 4 is 11.3 Å². The maximum absolute atomic E-state index is 11.5. The Morgan fingerprint density at radius 1 is 0.750 bits per heavy atom. The van der Waals surface area contributed by atoms with Crippen LogP contribution < -0.4 is 9.47 Å². The molecule has 0 saturated carbocycles. The maximum atomic E-state index is 11.5. The Hall–Kier alpha value is -2.66. The fourth-order valence-electron chi connectivity index (χ4n) is 4.01. The predicted octanol–water partition coefficient (Wildman–Crippen LogP) is 6.95. The molecule has 172 valence electrons. The number of ether oxygens (including phenoxy) is 2. The SMILES string of the molecule is COc1cc(C(c2cccs2)c2cc(OC)cc(C(C)(C)C)c2O)c(O)c(C(C)(C)C)c1. The molecule has 0 aliphatic carbocycles. The van der Waals surface area contributed by atoms with E-state index in [4.69, 9.17) is 9.47 Å². The third kappa shape index (κ3) is 4.58. The van der Waals surface area contributed by atoms with Crippen LogP contribution in [0, 0.1) is 0 Å². The quantitative estimate of drug-likeness (QED) is 0.438. The highest BCUT2D eigenvalue weighted by Crippen LogP contribution is 2.49. The molecule has 2 N–H and O–H groups in total. The summed E-state index contributed by atoms with van der Waals surface area (Å²) in [4.78, 5) is 1.01. The van der Waals surface area contributed by atoms with E-state index in [1.807, 2.05) is 41.8 Å². The smallest absolute Gasteiger partial charge is 0.123 e. The Bertz CT molecular complexity index is 1010. The largest absolute Gasteiger partial charge is 0.507 e. The van der Waals surface area contributed by atoms with Gasteiger partial charge in [-0.3, -0.25) is 0 Å². The fourth-order valence-corrected chi connectivity index (χ4v) is 4.87. The van der Waals surface area contributed by atoms with Gasteiger partial charge in [-0.05, 0) is 46.5 Å². The second-order valence-electron chi connectivity index (χ2n) is 10.2. The van der Waals surface area contributed by atoms with Gasteiger partial charge in [0, 0.05) is 27.1 Å².